The van der Waals surface area contributed by atoms with Crippen molar-refractivity contribution in [3.63, 3.8) is 0 Å². The molecule has 4 rings (SSSR count). The third kappa shape index (κ3) is 4.03. The van der Waals surface area contributed by atoms with Gasteiger partial charge in [-0.15, -0.1) is 0 Å². The number of carbonyl (C=O) groups excluding carboxylic acids is 1. The fraction of sp³-hybridized carbons (Fsp3) is 0.636. The lowest BCUT2D eigenvalue weighted by Crippen LogP contribution is -2.46. The van der Waals surface area contributed by atoms with Gasteiger partial charge >= 0.3 is 0 Å². The molecule has 1 unspecified atom stereocenters. The van der Waals surface area contributed by atoms with E-state index in [0.717, 1.165) is 57.6 Å². The second-order valence-electron chi connectivity index (χ2n) is 8.54. The maximum atomic E-state index is 12.8. The molecular formula is C22H32N4O. The molecule has 0 saturated carbocycles. The van der Waals surface area contributed by atoms with Gasteiger partial charge in [-0.05, 0) is 68.8 Å². The second kappa shape index (κ2) is 8.01. The number of carbonyl (C=O) groups is 1. The van der Waals surface area contributed by atoms with Gasteiger partial charge < -0.3 is 14.4 Å². The molecule has 2 aromatic rings. The van der Waals surface area contributed by atoms with Crippen LogP contribution in [0.15, 0.2) is 24.5 Å². The maximum absolute atomic E-state index is 12.8. The van der Waals surface area contributed by atoms with E-state index in [9.17, 15) is 4.79 Å². The molecule has 0 aliphatic carbocycles. The van der Waals surface area contributed by atoms with Crippen LogP contribution in [0.3, 0.4) is 0 Å². The van der Waals surface area contributed by atoms with Crippen LogP contribution in [0.2, 0.25) is 0 Å². The number of piperidine rings is 2. The number of rotatable bonds is 4. The highest BCUT2D eigenvalue weighted by Crippen LogP contribution is 2.24. The van der Waals surface area contributed by atoms with Gasteiger partial charge in [-0.3, -0.25) is 4.79 Å². The monoisotopic (exact) mass is 368 g/mol. The van der Waals surface area contributed by atoms with Gasteiger partial charge in [-0.25, -0.2) is 4.98 Å². The molecule has 0 N–H and O–H groups in total. The van der Waals surface area contributed by atoms with Crippen LogP contribution in [-0.4, -0.2) is 58.0 Å². The molecule has 0 aromatic carbocycles. The van der Waals surface area contributed by atoms with E-state index in [1.165, 1.54) is 23.8 Å². The van der Waals surface area contributed by atoms with Gasteiger partial charge in [0.15, 0.2) is 0 Å². The van der Waals surface area contributed by atoms with Crippen molar-refractivity contribution in [1.82, 2.24) is 19.4 Å². The molecule has 0 spiro atoms. The molecule has 2 fully saturated rings. The molecule has 5 heteroatoms. The van der Waals surface area contributed by atoms with Gasteiger partial charge in [-0.2, -0.15) is 0 Å². The third-order valence-corrected chi connectivity index (χ3v) is 6.42. The standard InChI is InChI=1S/C22H32N4O/c1-17-5-4-11-26(15-17)22(27)18-7-12-25(13-8-18)14-9-19-16-24(2)21-20(19)6-3-10-23-21/h3,6,10,16-18H,4-5,7-9,11-15H2,1-2H3. The zero-order chi connectivity index (χ0) is 18.8. The second-order valence-corrected chi connectivity index (χ2v) is 8.54. The first kappa shape index (κ1) is 18.5. The highest BCUT2D eigenvalue weighted by molar-refractivity contribution is 5.80. The Morgan fingerprint density at radius 3 is 2.81 bits per heavy atom. The molecule has 2 aromatic heterocycles. The van der Waals surface area contributed by atoms with E-state index in [1.807, 2.05) is 12.3 Å². The first-order valence-electron chi connectivity index (χ1n) is 10.5. The lowest BCUT2D eigenvalue weighted by atomic mass is 9.92. The van der Waals surface area contributed by atoms with Gasteiger partial charge in [0.25, 0.3) is 0 Å². The van der Waals surface area contributed by atoms with Crippen LogP contribution in [0.1, 0.15) is 38.2 Å². The Morgan fingerprint density at radius 2 is 2.04 bits per heavy atom. The van der Waals surface area contributed by atoms with Crippen molar-refractivity contribution < 1.29 is 4.79 Å². The molecule has 1 amide bonds. The number of hydrogen-bond donors (Lipinski definition) is 0. The predicted octanol–water partition coefficient (Wildman–Crippen LogP) is 3.09. The van der Waals surface area contributed by atoms with Gasteiger partial charge in [0.05, 0.1) is 0 Å². The van der Waals surface area contributed by atoms with Crippen molar-refractivity contribution in [3.8, 4) is 0 Å². The maximum Gasteiger partial charge on any atom is 0.225 e. The largest absolute Gasteiger partial charge is 0.342 e. The van der Waals surface area contributed by atoms with Gasteiger partial charge in [0.2, 0.25) is 5.91 Å². The molecule has 2 aliphatic rings. The summed E-state index contributed by atoms with van der Waals surface area (Å²) in [5.41, 5.74) is 2.44. The quantitative estimate of drug-likeness (QED) is 0.833. The number of hydrogen-bond acceptors (Lipinski definition) is 3. The Balaban J connectivity index is 1.29. The molecule has 0 radical (unpaired) electrons. The highest BCUT2D eigenvalue weighted by atomic mass is 16.2. The molecule has 1 atom stereocenters. The predicted molar refractivity (Wildman–Crippen MR) is 109 cm³/mol. The van der Waals surface area contributed by atoms with E-state index in [0.29, 0.717) is 11.8 Å². The minimum absolute atomic E-state index is 0.244. The lowest BCUT2D eigenvalue weighted by molar-refractivity contribution is -0.138. The van der Waals surface area contributed by atoms with Crippen molar-refractivity contribution in [2.45, 2.75) is 39.0 Å². The molecule has 5 nitrogen and oxygen atoms in total. The van der Waals surface area contributed by atoms with E-state index < -0.39 is 0 Å². The Morgan fingerprint density at radius 1 is 1.22 bits per heavy atom. The average Bonchev–Trinajstić information content (AvgIpc) is 3.02. The van der Waals surface area contributed by atoms with Gasteiger partial charge in [0.1, 0.15) is 5.65 Å². The van der Waals surface area contributed by atoms with E-state index >= 15 is 0 Å². The lowest BCUT2D eigenvalue weighted by Gasteiger charge is -2.37. The summed E-state index contributed by atoms with van der Waals surface area (Å²) >= 11 is 0. The van der Waals surface area contributed by atoms with E-state index in [4.69, 9.17) is 0 Å². The summed E-state index contributed by atoms with van der Waals surface area (Å²) < 4.78 is 2.12. The summed E-state index contributed by atoms with van der Waals surface area (Å²) in [5, 5.41) is 1.27. The summed E-state index contributed by atoms with van der Waals surface area (Å²) in [6.45, 7) is 7.36. The average molecular weight is 369 g/mol. The van der Waals surface area contributed by atoms with Crippen LogP contribution in [0.25, 0.3) is 11.0 Å². The summed E-state index contributed by atoms with van der Waals surface area (Å²) in [7, 11) is 2.07. The molecule has 2 aliphatic heterocycles. The van der Waals surface area contributed by atoms with E-state index in [2.05, 4.69) is 45.6 Å². The smallest absolute Gasteiger partial charge is 0.225 e. The molecule has 27 heavy (non-hydrogen) atoms. The summed E-state index contributed by atoms with van der Waals surface area (Å²) in [4.78, 5) is 22.0. The first-order chi connectivity index (χ1) is 13.1. The molecule has 146 valence electrons. The fourth-order valence-corrected chi connectivity index (χ4v) is 4.82. The van der Waals surface area contributed by atoms with Gasteiger partial charge in [-0.1, -0.05) is 6.92 Å². The Hall–Kier alpha value is -1.88. The fourth-order valence-electron chi connectivity index (χ4n) is 4.82. The number of pyridine rings is 1. The summed E-state index contributed by atoms with van der Waals surface area (Å²) in [5.74, 6) is 1.33. The molecule has 4 heterocycles. The number of fused-ring (bicyclic) bond motifs is 1. The minimum Gasteiger partial charge on any atom is -0.342 e. The van der Waals surface area contributed by atoms with Crippen molar-refractivity contribution in [2.24, 2.45) is 18.9 Å². The van der Waals surface area contributed by atoms with E-state index in [-0.39, 0.29) is 5.92 Å². The number of aryl methyl sites for hydroxylation is 1. The molecular weight excluding hydrogens is 336 g/mol. The number of likely N-dealkylation sites (tertiary alicyclic amines) is 2. The van der Waals surface area contributed by atoms with Crippen LogP contribution in [0, 0.1) is 11.8 Å². The summed E-state index contributed by atoms with van der Waals surface area (Å²) in [6.07, 6.45) is 9.59. The topological polar surface area (TPSA) is 41.4 Å². The van der Waals surface area contributed by atoms with Crippen molar-refractivity contribution in [1.29, 1.82) is 0 Å². The third-order valence-electron chi connectivity index (χ3n) is 6.42. The van der Waals surface area contributed by atoms with Crippen LogP contribution in [0.4, 0.5) is 0 Å². The number of amides is 1. The number of nitrogens with zero attached hydrogens (tertiary/aromatic N) is 4. The Labute approximate surface area is 162 Å². The Bertz CT molecular complexity index is 791. The van der Waals surface area contributed by atoms with Crippen molar-refractivity contribution >= 4 is 16.9 Å². The number of aromatic nitrogens is 2. The van der Waals surface area contributed by atoms with Crippen LogP contribution in [0.5, 0.6) is 0 Å². The highest BCUT2D eigenvalue weighted by Gasteiger charge is 2.30. The van der Waals surface area contributed by atoms with Crippen LogP contribution < -0.4 is 0 Å². The normalized spacial score (nSPS) is 22.4. The summed E-state index contributed by atoms with van der Waals surface area (Å²) in [6, 6.07) is 4.19. The van der Waals surface area contributed by atoms with E-state index in [1.54, 1.807) is 0 Å². The van der Waals surface area contributed by atoms with Crippen LogP contribution >= 0.6 is 0 Å². The zero-order valence-electron chi connectivity index (χ0n) is 16.7. The molecule has 0 bridgehead atoms. The first-order valence-corrected chi connectivity index (χ1v) is 10.5. The van der Waals surface area contributed by atoms with Crippen LogP contribution in [-0.2, 0) is 18.3 Å². The molecule has 2 saturated heterocycles. The SMILES string of the molecule is CC1CCCN(C(=O)C2CCN(CCc3cn(C)c4ncccc34)CC2)C1. The van der Waals surface area contributed by atoms with Crippen molar-refractivity contribution in [3.05, 3.63) is 30.1 Å². The minimum atomic E-state index is 0.244. The zero-order valence-corrected chi connectivity index (χ0v) is 16.7. The van der Waals surface area contributed by atoms with Crippen molar-refractivity contribution in [2.75, 3.05) is 32.7 Å². The van der Waals surface area contributed by atoms with Gasteiger partial charge in [0, 0.05) is 50.4 Å². The Kier molecular flexibility index (Phi) is 5.48.